The molecule has 0 unspecified atom stereocenters. The van der Waals surface area contributed by atoms with E-state index in [1.165, 1.54) is 0 Å². The van der Waals surface area contributed by atoms with E-state index in [0.717, 1.165) is 17.5 Å². The highest BCUT2D eigenvalue weighted by Crippen LogP contribution is 2.22. The minimum Gasteiger partial charge on any atom is -0.480 e. The Morgan fingerprint density at radius 2 is 2.10 bits per heavy atom. The maximum absolute atomic E-state index is 11.6. The van der Waals surface area contributed by atoms with Gasteiger partial charge in [-0.3, -0.25) is 14.4 Å². The van der Waals surface area contributed by atoms with E-state index in [1.54, 1.807) is 35.1 Å². The first-order chi connectivity index (χ1) is 9.97. The molecular weight excluding hydrogens is 290 g/mol. The summed E-state index contributed by atoms with van der Waals surface area (Å²) in [5, 5.41) is 14.2. The van der Waals surface area contributed by atoms with Crippen molar-refractivity contribution < 1.29 is 9.90 Å². The van der Waals surface area contributed by atoms with Gasteiger partial charge in [0.1, 0.15) is 6.04 Å². The maximum Gasteiger partial charge on any atom is 0.325 e. The van der Waals surface area contributed by atoms with Crippen molar-refractivity contribution in [3.05, 3.63) is 52.8 Å². The smallest absolute Gasteiger partial charge is 0.325 e. The standard InChI is InChI=1S/C15H18ClN3O2/c1-18(8-7-11-9-17-19(2)10-11)14(15(20)21)12-3-5-13(16)6-4-12/h3-6,9-10,14H,7-8H2,1-2H3,(H,20,21)/t14-/m1/s1. The van der Waals surface area contributed by atoms with Gasteiger partial charge in [-0.05, 0) is 36.7 Å². The van der Waals surface area contributed by atoms with E-state index in [4.69, 9.17) is 11.6 Å². The molecule has 0 radical (unpaired) electrons. The molecule has 112 valence electrons. The van der Waals surface area contributed by atoms with Crippen LogP contribution in [0, 0.1) is 0 Å². The Labute approximate surface area is 128 Å². The summed E-state index contributed by atoms with van der Waals surface area (Å²) in [6.07, 6.45) is 4.49. The number of aromatic nitrogens is 2. The number of carboxylic acid groups (broad SMARTS) is 1. The number of aliphatic carboxylic acids is 1. The molecule has 6 heteroatoms. The minimum atomic E-state index is -0.869. The second-order valence-corrected chi connectivity index (χ2v) is 5.48. The average Bonchev–Trinajstić information content (AvgIpc) is 2.84. The Balaban J connectivity index is 2.07. The molecule has 0 saturated carbocycles. The van der Waals surface area contributed by atoms with Gasteiger partial charge >= 0.3 is 5.97 Å². The fourth-order valence-corrected chi connectivity index (χ4v) is 2.39. The lowest BCUT2D eigenvalue weighted by Gasteiger charge is -2.24. The zero-order valence-electron chi connectivity index (χ0n) is 12.0. The molecule has 1 atom stereocenters. The number of nitrogens with zero attached hydrogens (tertiary/aromatic N) is 3. The zero-order chi connectivity index (χ0) is 15.4. The summed E-state index contributed by atoms with van der Waals surface area (Å²) in [6.45, 7) is 0.630. The first-order valence-corrected chi connectivity index (χ1v) is 7.01. The highest BCUT2D eigenvalue weighted by Gasteiger charge is 2.24. The van der Waals surface area contributed by atoms with Gasteiger partial charge in [0.25, 0.3) is 0 Å². The summed E-state index contributed by atoms with van der Waals surface area (Å²) in [5.41, 5.74) is 1.81. The lowest BCUT2D eigenvalue weighted by molar-refractivity contribution is -0.143. The summed E-state index contributed by atoms with van der Waals surface area (Å²) in [6, 6.07) is 6.24. The SMILES string of the molecule is CN(CCc1cnn(C)c1)[C@@H](C(=O)O)c1ccc(Cl)cc1. The lowest BCUT2D eigenvalue weighted by Crippen LogP contribution is -2.32. The third-order valence-corrected chi connectivity index (χ3v) is 3.62. The Bertz CT molecular complexity index is 610. The van der Waals surface area contributed by atoms with Gasteiger partial charge in [0.15, 0.2) is 0 Å². The number of hydrogen-bond acceptors (Lipinski definition) is 3. The molecule has 0 amide bonds. The van der Waals surface area contributed by atoms with Crippen LogP contribution in [0.1, 0.15) is 17.2 Å². The molecule has 1 aromatic heterocycles. The Morgan fingerprint density at radius 1 is 1.43 bits per heavy atom. The van der Waals surface area contributed by atoms with E-state index in [-0.39, 0.29) is 0 Å². The summed E-state index contributed by atoms with van der Waals surface area (Å²) in [5.74, 6) is -0.869. The fourth-order valence-electron chi connectivity index (χ4n) is 2.27. The van der Waals surface area contributed by atoms with Gasteiger partial charge < -0.3 is 5.11 Å². The average molecular weight is 308 g/mol. The molecule has 2 rings (SSSR count). The Hall–Kier alpha value is -1.85. The van der Waals surface area contributed by atoms with Crippen LogP contribution in [-0.4, -0.2) is 39.3 Å². The second-order valence-electron chi connectivity index (χ2n) is 5.05. The van der Waals surface area contributed by atoms with Gasteiger partial charge in [0, 0.05) is 24.8 Å². The third kappa shape index (κ3) is 4.06. The quantitative estimate of drug-likeness (QED) is 0.890. The topological polar surface area (TPSA) is 58.4 Å². The number of halogens is 1. The van der Waals surface area contributed by atoms with Crippen molar-refractivity contribution in [1.82, 2.24) is 14.7 Å². The number of benzene rings is 1. The maximum atomic E-state index is 11.6. The zero-order valence-corrected chi connectivity index (χ0v) is 12.8. The molecule has 1 N–H and O–H groups in total. The van der Waals surface area contributed by atoms with Gasteiger partial charge in [-0.25, -0.2) is 0 Å². The number of carbonyl (C=O) groups is 1. The van der Waals surface area contributed by atoms with E-state index in [0.29, 0.717) is 11.6 Å². The van der Waals surface area contributed by atoms with Crippen LogP contribution in [0.15, 0.2) is 36.7 Å². The van der Waals surface area contributed by atoms with Gasteiger partial charge in [0.2, 0.25) is 0 Å². The van der Waals surface area contributed by atoms with E-state index in [1.807, 2.05) is 25.2 Å². The normalized spacial score (nSPS) is 12.6. The molecule has 0 saturated heterocycles. The molecular formula is C15H18ClN3O2. The number of likely N-dealkylation sites (N-methyl/N-ethyl adjacent to an activating group) is 1. The first-order valence-electron chi connectivity index (χ1n) is 6.63. The minimum absolute atomic E-state index is 0.598. The highest BCUT2D eigenvalue weighted by atomic mass is 35.5. The van der Waals surface area contributed by atoms with Gasteiger partial charge in [0.05, 0.1) is 6.20 Å². The van der Waals surface area contributed by atoms with Crippen LogP contribution in [-0.2, 0) is 18.3 Å². The molecule has 1 heterocycles. The molecule has 0 spiro atoms. The van der Waals surface area contributed by atoms with Crippen LogP contribution in [0.5, 0.6) is 0 Å². The monoisotopic (exact) mass is 307 g/mol. The molecule has 0 fully saturated rings. The predicted molar refractivity (Wildman–Crippen MR) is 81.4 cm³/mol. The molecule has 1 aromatic carbocycles. The summed E-state index contributed by atoms with van der Waals surface area (Å²) < 4.78 is 1.74. The first kappa shape index (κ1) is 15.5. The molecule has 0 aliphatic carbocycles. The number of aryl methyl sites for hydroxylation is 1. The van der Waals surface area contributed by atoms with Crippen LogP contribution in [0.3, 0.4) is 0 Å². The highest BCUT2D eigenvalue weighted by molar-refractivity contribution is 6.30. The number of hydrogen-bond donors (Lipinski definition) is 1. The molecule has 2 aromatic rings. The lowest BCUT2D eigenvalue weighted by atomic mass is 10.1. The second kappa shape index (κ2) is 6.74. The van der Waals surface area contributed by atoms with E-state index in [2.05, 4.69) is 5.10 Å². The van der Waals surface area contributed by atoms with Crippen molar-refractivity contribution >= 4 is 17.6 Å². The van der Waals surface area contributed by atoms with E-state index >= 15 is 0 Å². The van der Waals surface area contributed by atoms with Crippen LogP contribution >= 0.6 is 11.6 Å². The molecule has 5 nitrogen and oxygen atoms in total. The largest absolute Gasteiger partial charge is 0.480 e. The fraction of sp³-hybridized carbons (Fsp3) is 0.333. The number of carboxylic acids is 1. The van der Waals surface area contributed by atoms with Crippen molar-refractivity contribution in [2.45, 2.75) is 12.5 Å². The Morgan fingerprint density at radius 3 is 2.62 bits per heavy atom. The summed E-state index contributed by atoms with van der Waals surface area (Å²) in [7, 11) is 3.67. The van der Waals surface area contributed by atoms with E-state index in [9.17, 15) is 9.90 Å². The van der Waals surface area contributed by atoms with E-state index < -0.39 is 12.0 Å². The van der Waals surface area contributed by atoms with Crippen molar-refractivity contribution in [3.63, 3.8) is 0 Å². The van der Waals surface area contributed by atoms with Gasteiger partial charge in [-0.15, -0.1) is 0 Å². The van der Waals surface area contributed by atoms with Crippen molar-refractivity contribution in [2.75, 3.05) is 13.6 Å². The van der Waals surface area contributed by atoms with Crippen LogP contribution in [0.2, 0.25) is 5.02 Å². The summed E-state index contributed by atoms with van der Waals surface area (Å²) >= 11 is 5.85. The summed E-state index contributed by atoms with van der Waals surface area (Å²) in [4.78, 5) is 13.4. The van der Waals surface area contributed by atoms with Crippen LogP contribution < -0.4 is 0 Å². The van der Waals surface area contributed by atoms with Gasteiger partial charge in [-0.1, -0.05) is 23.7 Å². The van der Waals surface area contributed by atoms with Crippen molar-refractivity contribution in [1.29, 1.82) is 0 Å². The molecule has 0 aliphatic heterocycles. The van der Waals surface area contributed by atoms with Crippen molar-refractivity contribution in [3.8, 4) is 0 Å². The molecule has 0 bridgehead atoms. The number of rotatable bonds is 6. The third-order valence-electron chi connectivity index (χ3n) is 3.37. The molecule has 0 aliphatic rings. The van der Waals surface area contributed by atoms with Gasteiger partial charge in [-0.2, -0.15) is 5.10 Å². The van der Waals surface area contributed by atoms with Crippen LogP contribution in [0.4, 0.5) is 0 Å². The van der Waals surface area contributed by atoms with Crippen molar-refractivity contribution in [2.24, 2.45) is 7.05 Å². The molecule has 21 heavy (non-hydrogen) atoms. The van der Waals surface area contributed by atoms with Crippen LogP contribution in [0.25, 0.3) is 0 Å². The Kier molecular flexibility index (Phi) is 4.98. The predicted octanol–water partition coefficient (Wildman–Crippen LogP) is 2.37.